The van der Waals surface area contributed by atoms with E-state index in [1.807, 2.05) is 48.5 Å². The highest BCUT2D eigenvalue weighted by Crippen LogP contribution is 2.39. The molecular weight excluding hydrogens is 893 g/mol. The summed E-state index contributed by atoms with van der Waals surface area (Å²) in [6.07, 6.45) is 0. The molecule has 0 atom stereocenters. The van der Waals surface area contributed by atoms with Gasteiger partial charge in [-0.05, 0) is 119 Å². The van der Waals surface area contributed by atoms with Crippen LogP contribution in [-0.4, -0.2) is 41.1 Å². The van der Waals surface area contributed by atoms with Gasteiger partial charge in [0.15, 0.2) is 23.1 Å². The molecule has 7 rings (SSSR count). The third kappa shape index (κ3) is 9.85. The van der Waals surface area contributed by atoms with Crippen molar-refractivity contribution in [3.05, 3.63) is 145 Å². The van der Waals surface area contributed by atoms with Crippen LogP contribution >= 0.6 is 38.6 Å². The van der Waals surface area contributed by atoms with Gasteiger partial charge in [-0.2, -0.15) is 0 Å². The van der Waals surface area contributed by atoms with Crippen LogP contribution in [0.4, 0.5) is 17.6 Å². The van der Waals surface area contributed by atoms with E-state index in [9.17, 15) is 32.3 Å². The summed E-state index contributed by atoms with van der Waals surface area (Å²) in [6.45, 7) is -0.174. The number of rotatable bonds is 13. The number of hydrogen-bond acceptors (Lipinski definition) is 11. The van der Waals surface area contributed by atoms with E-state index in [2.05, 4.69) is 25.9 Å². The van der Waals surface area contributed by atoms with E-state index in [0.29, 0.717) is 27.2 Å². The summed E-state index contributed by atoms with van der Waals surface area (Å²) in [7, 11) is 3.16. The smallest absolute Gasteiger partial charge is 0.254 e. The molecule has 2 aromatic heterocycles. The maximum absolute atomic E-state index is 14.5. The Labute approximate surface area is 355 Å². The van der Waals surface area contributed by atoms with Crippen LogP contribution in [0.1, 0.15) is 30.7 Å². The first-order valence-electron chi connectivity index (χ1n) is 17.3. The lowest BCUT2D eigenvalue weighted by molar-refractivity contribution is 0.0982. The second kappa shape index (κ2) is 19.0. The van der Waals surface area contributed by atoms with Crippen molar-refractivity contribution >= 4 is 50.4 Å². The van der Waals surface area contributed by atoms with Crippen molar-refractivity contribution in [2.45, 2.75) is 13.2 Å². The maximum atomic E-state index is 14.5. The SMILES string of the molecule is COc1ccc(-c2nc(COc3ccc(F)c(C(N)=O)c3F)sc2-c2ccc(O)cc2)cc1.COc1ccc(-c2nc(COc3ccc(F)c(C(N)=O)c3F)sc2Br)cc1. The molecule has 0 unspecified atom stereocenters. The minimum absolute atomic E-state index is 0.0554. The fraction of sp³-hybridized carbons (Fsp3) is 0.0952. The number of carbonyl (C=O) groups is 2. The topological polar surface area (TPSA) is 169 Å². The highest BCUT2D eigenvalue weighted by Gasteiger charge is 2.22. The quantitative estimate of drug-likeness (QED) is 0.0954. The predicted molar refractivity (Wildman–Crippen MR) is 221 cm³/mol. The van der Waals surface area contributed by atoms with Gasteiger partial charge in [-0.1, -0.05) is 0 Å². The Balaban J connectivity index is 0.000000205. The summed E-state index contributed by atoms with van der Waals surface area (Å²) in [6, 6.07) is 25.4. The first-order valence-corrected chi connectivity index (χ1v) is 19.7. The molecule has 0 aliphatic carbocycles. The van der Waals surface area contributed by atoms with Gasteiger partial charge in [0.2, 0.25) is 0 Å². The predicted octanol–water partition coefficient (Wildman–Crippen LogP) is 9.68. The number of methoxy groups -OCH3 is 2. The minimum atomic E-state index is -1.22. The lowest BCUT2D eigenvalue weighted by atomic mass is 10.1. The van der Waals surface area contributed by atoms with Crippen LogP contribution in [-0.2, 0) is 13.2 Å². The van der Waals surface area contributed by atoms with Gasteiger partial charge in [0, 0.05) is 11.1 Å². The van der Waals surface area contributed by atoms with Crippen molar-refractivity contribution in [2.24, 2.45) is 11.5 Å². The molecule has 5 aromatic carbocycles. The molecule has 0 saturated carbocycles. The van der Waals surface area contributed by atoms with Gasteiger partial charge in [-0.25, -0.2) is 27.5 Å². The molecule has 308 valence electrons. The average molecular weight is 924 g/mol. The highest BCUT2D eigenvalue weighted by atomic mass is 79.9. The van der Waals surface area contributed by atoms with Crippen molar-refractivity contribution in [3.63, 3.8) is 0 Å². The number of hydrogen-bond donors (Lipinski definition) is 3. The van der Waals surface area contributed by atoms with Crippen molar-refractivity contribution in [1.29, 1.82) is 0 Å². The first-order chi connectivity index (χ1) is 28.8. The Kier molecular flexibility index (Phi) is 13.7. The van der Waals surface area contributed by atoms with Crippen molar-refractivity contribution in [2.75, 3.05) is 14.2 Å². The second-order valence-electron chi connectivity index (χ2n) is 12.3. The van der Waals surface area contributed by atoms with E-state index >= 15 is 0 Å². The number of nitrogens with zero attached hydrogens (tertiary/aromatic N) is 2. The van der Waals surface area contributed by atoms with Gasteiger partial charge < -0.3 is 35.5 Å². The van der Waals surface area contributed by atoms with Gasteiger partial charge in [-0.3, -0.25) is 9.59 Å². The maximum Gasteiger partial charge on any atom is 0.254 e. The number of ether oxygens (including phenoxy) is 4. The lowest BCUT2D eigenvalue weighted by Crippen LogP contribution is -2.16. The van der Waals surface area contributed by atoms with E-state index in [-0.39, 0.29) is 30.5 Å². The molecule has 60 heavy (non-hydrogen) atoms. The fourth-order valence-corrected chi connectivity index (χ4v) is 8.14. The Morgan fingerprint density at radius 3 is 1.48 bits per heavy atom. The molecule has 0 aliphatic heterocycles. The van der Waals surface area contributed by atoms with Crippen molar-refractivity contribution in [1.82, 2.24) is 9.97 Å². The van der Waals surface area contributed by atoms with Crippen LogP contribution in [0.5, 0.6) is 28.7 Å². The van der Waals surface area contributed by atoms with Gasteiger partial charge >= 0.3 is 0 Å². The van der Waals surface area contributed by atoms with Crippen molar-refractivity contribution in [3.8, 4) is 61.7 Å². The van der Waals surface area contributed by atoms with Gasteiger partial charge in [-0.15, -0.1) is 22.7 Å². The Hall–Kier alpha value is -6.50. The number of phenolic OH excluding ortho intramolecular Hbond substituents is 1. The number of phenols is 1. The number of halogens is 5. The lowest BCUT2D eigenvalue weighted by Gasteiger charge is -2.08. The summed E-state index contributed by atoms with van der Waals surface area (Å²) in [4.78, 5) is 32.5. The number of aromatic nitrogens is 2. The zero-order valence-electron chi connectivity index (χ0n) is 31.3. The summed E-state index contributed by atoms with van der Waals surface area (Å²) >= 11 is 6.10. The Morgan fingerprint density at radius 2 is 1.03 bits per heavy atom. The van der Waals surface area contributed by atoms with Crippen LogP contribution in [0.3, 0.4) is 0 Å². The van der Waals surface area contributed by atoms with Gasteiger partial charge in [0.25, 0.3) is 11.8 Å². The molecule has 7 aromatic rings. The molecule has 2 heterocycles. The summed E-state index contributed by atoms with van der Waals surface area (Å²) < 4.78 is 77.9. The summed E-state index contributed by atoms with van der Waals surface area (Å²) in [5.41, 5.74) is 12.3. The molecular formula is C42H31BrF4N4O7S2. The summed E-state index contributed by atoms with van der Waals surface area (Å²) in [5, 5.41) is 10.7. The van der Waals surface area contributed by atoms with Crippen molar-refractivity contribution < 1.29 is 51.2 Å². The zero-order chi connectivity index (χ0) is 43.1. The third-order valence-corrected chi connectivity index (χ3v) is 11.2. The second-order valence-corrected chi connectivity index (χ2v) is 15.8. The highest BCUT2D eigenvalue weighted by molar-refractivity contribution is 9.11. The molecule has 0 fully saturated rings. The molecule has 0 saturated heterocycles. The monoisotopic (exact) mass is 922 g/mol. The van der Waals surface area contributed by atoms with E-state index < -0.39 is 46.2 Å². The number of carbonyl (C=O) groups excluding carboxylic acids is 2. The molecule has 2 amide bonds. The van der Waals surface area contributed by atoms with Crippen LogP contribution in [0.2, 0.25) is 0 Å². The van der Waals surface area contributed by atoms with Crippen LogP contribution in [0.15, 0.2) is 101 Å². The molecule has 0 spiro atoms. The molecule has 18 heteroatoms. The standard InChI is InChI=1S/C24H18F2N2O4S.C18H13BrF2N2O3S/c1-31-16-8-4-13(5-9-16)22-23(14-2-6-15(29)7-3-14)33-19(28-22)12-32-18-11-10-17(25)20(21(18)26)24(27)30;1-25-10-4-2-9(3-5-10)16-17(19)27-13(23-16)8-26-12-7-6-11(20)14(15(12)21)18(22)24/h2-11,29H,12H2,1H3,(H2,27,30);2-7H,8H2,1H3,(H2,22,24). The number of thiazole rings is 2. The normalized spacial score (nSPS) is 10.7. The summed E-state index contributed by atoms with van der Waals surface area (Å²) in [5.74, 6) is -5.83. The zero-order valence-corrected chi connectivity index (χ0v) is 34.5. The number of aromatic hydroxyl groups is 1. The minimum Gasteiger partial charge on any atom is -0.508 e. The van der Waals surface area contributed by atoms with Gasteiger partial charge in [0.05, 0.1) is 34.3 Å². The molecule has 5 N–H and O–H groups in total. The van der Waals surface area contributed by atoms with E-state index in [1.54, 1.807) is 38.5 Å². The number of benzene rings is 5. The Morgan fingerprint density at radius 1 is 0.617 bits per heavy atom. The van der Waals surface area contributed by atoms with E-state index in [4.69, 9.17) is 30.4 Å². The molecule has 0 aliphatic rings. The fourth-order valence-electron chi connectivity index (χ4n) is 5.53. The van der Waals surface area contributed by atoms with Crippen LogP contribution < -0.4 is 30.4 Å². The first kappa shape index (κ1) is 43.1. The number of nitrogens with two attached hydrogens (primary N) is 2. The van der Waals surface area contributed by atoms with Gasteiger partial charge in [0.1, 0.15) is 63.2 Å². The molecule has 0 radical (unpaired) electrons. The van der Waals surface area contributed by atoms with Crippen LogP contribution in [0.25, 0.3) is 33.0 Å². The average Bonchev–Trinajstić information content (AvgIpc) is 3.84. The number of amides is 2. The number of primary amides is 2. The largest absolute Gasteiger partial charge is 0.508 e. The van der Waals surface area contributed by atoms with E-state index in [1.165, 1.54) is 22.7 Å². The third-order valence-electron chi connectivity index (χ3n) is 8.46. The van der Waals surface area contributed by atoms with E-state index in [0.717, 1.165) is 55.4 Å². The van der Waals surface area contributed by atoms with Crippen LogP contribution in [0, 0.1) is 23.3 Å². The molecule has 0 bridgehead atoms. The molecule has 11 nitrogen and oxygen atoms in total. The Bertz CT molecular complexity index is 2660.